The Bertz CT molecular complexity index is 1520. The number of rotatable bonds is 10. The van der Waals surface area contributed by atoms with Gasteiger partial charge in [-0.05, 0) is 61.9 Å². The Morgan fingerprint density at radius 3 is 2.03 bits per heavy atom. The number of nitrogens with zero attached hydrogens (tertiary/aromatic N) is 1. The van der Waals surface area contributed by atoms with Gasteiger partial charge in [0.1, 0.15) is 30.3 Å². The van der Waals surface area contributed by atoms with Crippen molar-refractivity contribution in [2.24, 2.45) is 0 Å². The van der Waals surface area contributed by atoms with E-state index < -0.39 is 0 Å². The van der Waals surface area contributed by atoms with Gasteiger partial charge in [-0.3, -0.25) is 14.9 Å². The van der Waals surface area contributed by atoms with Crippen LogP contribution in [-0.2, 0) is 26.1 Å². The van der Waals surface area contributed by atoms with Gasteiger partial charge in [0.25, 0.3) is 5.69 Å². The number of aryl methyl sites for hydroxylation is 1. The first-order chi connectivity index (χ1) is 18.9. The zero-order chi connectivity index (χ0) is 27.4. The lowest BCUT2D eigenvalue weighted by Crippen LogP contribution is -2.08. The maximum atomic E-state index is 13.0. The number of ether oxygens (including phenoxy) is 3. The SMILES string of the molecule is CC(=O)c1c(OCc2ccccc2)ccc(Oc2c(C)cc([N+](=O)[O-])c3c2CCC3)c1OCc1ccccc1. The molecule has 0 atom stereocenters. The van der Waals surface area contributed by atoms with Crippen molar-refractivity contribution in [2.45, 2.75) is 46.3 Å². The lowest BCUT2D eigenvalue weighted by molar-refractivity contribution is -0.385. The summed E-state index contributed by atoms with van der Waals surface area (Å²) in [6, 6.07) is 24.4. The van der Waals surface area contributed by atoms with E-state index in [-0.39, 0.29) is 40.9 Å². The van der Waals surface area contributed by atoms with Crippen molar-refractivity contribution in [3.05, 3.63) is 122 Å². The fraction of sp³-hybridized carbons (Fsp3) is 0.219. The highest BCUT2D eigenvalue weighted by Gasteiger charge is 2.29. The lowest BCUT2D eigenvalue weighted by atomic mass is 10.0. The van der Waals surface area contributed by atoms with Gasteiger partial charge in [0, 0.05) is 17.2 Å². The fourth-order valence-corrected chi connectivity index (χ4v) is 4.98. The molecule has 0 heterocycles. The average Bonchev–Trinajstić information content (AvgIpc) is 3.43. The highest BCUT2D eigenvalue weighted by Crippen LogP contribution is 2.46. The molecule has 0 N–H and O–H groups in total. The van der Waals surface area contributed by atoms with Gasteiger partial charge < -0.3 is 14.2 Å². The number of ketones is 1. The molecule has 4 aromatic rings. The first-order valence-electron chi connectivity index (χ1n) is 12.9. The highest BCUT2D eigenvalue weighted by atomic mass is 16.6. The second-order valence-corrected chi connectivity index (χ2v) is 9.58. The Labute approximate surface area is 227 Å². The van der Waals surface area contributed by atoms with E-state index in [9.17, 15) is 14.9 Å². The molecule has 0 saturated carbocycles. The first kappa shape index (κ1) is 26.0. The molecule has 5 rings (SSSR count). The van der Waals surface area contributed by atoms with Crippen LogP contribution >= 0.6 is 0 Å². The minimum Gasteiger partial charge on any atom is -0.488 e. The Morgan fingerprint density at radius 2 is 1.41 bits per heavy atom. The van der Waals surface area contributed by atoms with Crippen LogP contribution in [0.3, 0.4) is 0 Å². The maximum Gasteiger partial charge on any atom is 0.273 e. The third-order valence-corrected chi connectivity index (χ3v) is 6.82. The summed E-state index contributed by atoms with van der Waals surface area (Å²) in [5.41, 5.74) is 4.52. The van der Waals surface area contributed by atoms with Gasteiger partial charge in [-0.15, -0.1) is 0 Å². The van der Waals surface area contributed by atoms with E-state index in [0.29, 0.717) is 41.2 Å². The molecular weight excluding hydrogens is 494 g/mol. The Balaban J connectivity index is 1.56. The fourth-order valence-electron chi connectivity index (χ4n) is 4.98. The predicted molar refractivity (Wildman–Crippen MR) is 148 cm³/mol. The average molecular weight is 524 g/mol. The third-order valence-electron chi connectivity index (χ3n) is 6.82. The smallest absolute Gasteiger partial charge is 0.273 e. The molecule has 0 aromatic heterocycles. The Kier molecular flexibility index (Phi) is 7.59. The van der Waals surface area contributed by atoms with Crippen molar-refractivity contribution >= 4 is 11.5 Å². The van der Waals surface area contributed by atoms with Gasteiger partial charge in [0.15, 0.2) is 17.3 Å². The standard InChI is InChI=1S/C32H29NO6/c1-21-18-27(33(35)36)25-14-9-15-26(25)31(21)39-29-17-16-28(37-19-23-10-5-3-6-11-23)30(22(2)34)32(29)38-20-24-12-7-4-8-13-24/h3-8,10-13,16-18H,9,14-15,19-20H2,1-2H3. The molecule has 0 amide bonds. The number of benzene rings is 4. The number of nitro benzene ring substituents is 1. The van der Waals surface area contributed by atoms with Crippen molar-refractivity contribution in [1.82, 2.24) is 0 Å². The van der Waals surface area contributed by atoms with Crippen LogP contribution in [0, 0.1) is 17.0 Å². The molecule has 0 spiro atoms. The van der Waals surface area contributed by atoms with Crippen LogP contribution in [0.25, 0.3) is 0 Å². The van der Waals surface area contributed by atoms with Crippen molar-refractivity contribution in [3.8, 4) is 23.0 Å². The summed E-state index contributed by atoms with van der Waals surface area (Å²) in [5, 5.41) is 11.7. The number of hydrogen-bond acceptors (Lipinski definition) is 6. The number of Topliss-reactive ketones (excluding diaryl/α,β-unsaturated/α-hetero) is 1. The predicted octanol–water partition coefficient (Wildman–Crippen LogP) is 7.54. The summed E-state index contributed by atoms with van der Waals surface area (Å²) in [6.45, 7) is 3.78. The van der Waals surface area contributed by atoms with Gasteiger partial charge >= 0.3 is 0 Å². The van der Waals surface area contributed by atoms with Gasteiger partial charge in [-0.25, -0.2) is 0 Å². The van der Waals surface area contributed by atoms with E-state index in [4.69, 9.17) is 14.2 Å². The summed E-state index contributed by atoms with van der Waals surface area (Å²) in [6.07, 6.45) is 2.13. The first-order valence-corrected chi connectivity index (χ1v) is 12.9. The molecule has 0 bridgehead atoms. The van der Waals surface area contributed by atoms with Crippen molar-refractivity contribution in [2.75, 3.05) is 0 Å². The van der Waals surface area contributed by atoms with E-state index in [2.05, 4.69) is 0 Å². The van der Waals surface area contributed by atoms with E-state index in [0.717, 1.165) is 23.1 Å². The molecule has 7 heteroatoms. The molecule has 0 aliphatic heterocycles. The molecule has 39 heavy (non-hydrogen) atoms. The summed E-state index contributed by atoms with van der Waals surface area (Å²) in [7, 11) is 0. The molecule has 1 aliphatic carbocycles. The summed E-state index contributed by atoms with van der Waals surface area (Å²) in [5.74, 6) is 1.38. The van der Waals surface area contributed by atoms with Crippen LogP contribution in [0.15, 0.2) is 78.9 Å². The minimum absolute atomic E-state index is 0.127. The number of nitro groups is 1. The molecule has 198 valence electrons. The summed E-state index contributed by atoms with van der Waals surface area (Å²) < 4.78 is 18.8. The molecule has 4 aromatic carbocycles. The van der Waals surface area contributed by atoms with Gasteiger partial charge in [-0.2, -0.15) is 0 Å². The molecule has 1 aliphatic rings. The normalized spacial score (nSPS) is 12.1. The largest absolute Gasteiger partial charge is 0.488 e. The third kappa shape index (κ3) is 5.62. The van der Waals surface area contributed by atoms with E-state index in [1.165, 1.54) is 6.92 Å². The summed E-state index contributed by atoms with van der Waals surface area (Å²) in [4.78, 5) is 24.3. The number of carbonyl (C=O) groups is 1. The number of carbonyl (C=O) groups excluding carboxylic acids is 1. The summed E-state index contributed by atoms with van der Waals surface area (Å²) >= 11 is 0. The molecule has 0 radical (unpaired) electrons. The van der Waals surface area contributed by atoms with Crippen molar-refractivity contribution in [1.29, 1.82) is 0 Å². The zero-order valence-electron chi connectivity index (χ0n) is 21.9. The van der Waals surface area contributed by atoms with Crippen molar-refractivity contribution in [3.63, 3.8) is 0 Å². The quantitative estimate of drug-likeness (QED) is 0.121. The maximum absolute atomic E-state index is 13.0. The zero-order valence-corrected chi connectivity index (χ0v) is 21.9. The van der Waals surface area contributed by atoms with Crippen LogP contribution < -0.4 is 14.2 Å². The van der Waals surface area contributed by atoms with Gasteiger partial charge in [0.2, 0.25) is 0 Å². The van der Waals surface area contributed by atoms with Gasteiger partial charge in [0.05, 0.1) is 4.92 Å². The number of hydrogen-bond donors (Lipinski definition) is 0. The second-order valence-electron chi connectivity index (χ2n) is 9.58. The molecular formula is C32H29NO6. The van der Waals surface area contributed by atoms with Gasteiger partial charge in [-0.1, -0.05) is 60.7 Å². The molecule has 0 saturated heterocycles. The Hall–Kier alpha value is -4.65. The van der Waals surface area contributed by atoms with Crippen LogP contribution in [0.1, 0.15) is 51.5 Å². The molecule has 0 fully saturated rings. The molecule has 7 nitrogen and oxygen atoms in total. The van der Waals surface area contributed by atoms with Crippen molar-refractivity contribution < 1.29 is 23.9 Å². The van der Waals surface area contributed by atoms with E-state index in [1.807, 2.05) is 60.7 Å². The Morgan fingerprint density at radius 1 is 0.821 bits per heavy atom. The van der Waals surface area contributed by atoms with E-state index in [1.54, 1.807) is 25.1 Å². The van der Waals surface area contributed by atoms with Crippen LogP contribution in [-0.4, -0.2) is 10.7 Å². The lowest BCUT2D eigenvalue weighted by Gasteiger charge is -2.20. The minimum atomic E-state index is -0.331. The monoisotopic (exact) mass is 523 g/mol. The highest BCUT2D eigenvalue weighted by molar-refractivity contribution is 6.00. The topological polar surface area (TPSA) is 87.9 Å². The second kappa shape index (κ2) is 11.4. The van der Waals surface area contributed by atoms with Crippen LogP contribution in [0.2, 0.25) is 0 Å². The number of fused-ring (bicyclic) bond motifs is 1. The van der Waals surface area contributed by atoms with E-state index >= 15 is 0 Å². The van der Waals surface area contributed by atoms with Crippen LogP contribution in [0.4, 0.5) is 5.69 Å². The van der Waals surface area contributed by atoms with Crippen LogP contribution in [0.5, 0.6) is 23.0 Å². The molecule has 0 unspecified atom stereocenters.